The fraction of sp³-hybridized carbons (Fsp3) is 0.414. The Morgan fingerprint density at radius 3 is 2.39 bits per heavy atom. The normalized spacial score (nSPS) is 16.3. The molecule has 0 radical (unpaired) electrons. The fourth-order valence-electron chi connectivity index (χ4n) is 4.86. The molecule has 3 aromatic rings. The highest BCUT2D eigenvalue weighted by Gasteiger charge is 2.38. The van der Waals surface area contributed by atoms with Gasteiger partial charge in [0, 0.05) is 12.0 Å². The zero-order valence-electron chi connectivity index (χ0n) is 22.1. The summed E-state index contributed by atoms with van der Waals surface area (Å²) in [5.74, 6) is -0.875. The highest BCUT2D eigenvalue weighted by molar-refractivity contribution is 5.89. The lowest BCUT2D eigenvalue weighted by atomic mass is 9.79. The number of ether oxygens (including phenoxy) is 1. The minimum atomic E-state index is -1.12. The first kappa shape index (κ1) is 26.9. The molecule has 0 saturated heterocycles. The van der Waals surface area contributed by atoms with Crippen molar-refractivity contribution in [3.05, 3.63) is 71.1 Å². The molecule has 1 aliphatic rings. The summed E-state index contributed by atoms with van der Waals surface area (Å²) >= 11 is 0. The second-order valence-corrected chi connectivity index (χ2v) is 11.0. The van der Waals surface area contributed by atoms with Gasteiger partial charge in [0.1, 0.15) is 11.1 Å². The van der Waals surface area contributed by atoms with Crippen molar-refractivity contribution >= 4 is 12.1 Å². The third-order valence-electron chi connectivity index (χ3n) is 6.72. The van der Waals surface area contributed by atoms with Gasteiger partial charge in [-0.15, -0.1) is 10.2 Å². The van der Waals surface area contributed by atoms with Crippen molar-refractivity contribution in [2.75, 3.05) is 0 Å². The van der Waals surface area contributed by atoms with Crippen LogP contribution in [-0.4, -0.2) is 33.0 Å². The fourth-order valence-corrected chi connectivity index (χ4v) is 4.86. The molecule has 1 atom stereocenters. The number of benzene rings is 2. The van der Waals surface area contributed by atoms with E-state index in [-0.39, 0.29) is 17.3 Å². The molecule has 2 aromatic carbocycles. The van der Waals surface area contributed by atoms with Crippen molar-refractivity contribution in [1.29, 1.82) is 5.26 Å². The lowest BCUT2D eigenvalue weighted by Crippen LogP contribution is -2.47. The van der Waals surface area contributed by atoms with Crippen molar-refractivity contribution in [2.45, 2.75) is 76.4 Å². The van der Waals surface area contributed by atoms with Gasteiger partial charge in [0.05, 0.1) is 17.0 Å². The van der Waals surface area contributed by atoms with Crippen LogP contribution in [0.5, 0.6) is 0 Å². The van der Waals surface area contributed by atoms with E-state index in [1.165, 1.54) is 6.07 Å². The van der Waals surface area contributed by atoms with Crippen LogP contribution in [0.1, 0.15) is 80.8 Å². The number of hydrogen-bond acceptors (Lipinski definition) is 7. The Bertz CT molecular complexity index is 1360. The Kier molecular flexibility index (Phi) is 7.27. The number of aromatic nitrogens is 2. The van der Waals surface area contributed by atoms with Crippen LogP contribution in [0.4, 0.5) is 4.79 Å². The van der Waals surface area contributed by atoms with Gasteiger partial charge >= 0.3 is 12.1 Å². The minimum absolute atomic E-state index is 0.0395. The Balaban J connectivity index is 1.74. The third kappa shape index (κ3) is 5.86. The molecule has 2 N–H and O–H groups in total. The first-order chi connectivity index (χ1) is 17.9. The molecule has 0 aliphatic heterocycles. The number of nitrogens with one attached hydrogen (secondary N) is 1. The zero-order chi connectivity index (χ0) is 27.6. The summed E-state index contributed by atoms with van der Waals surface area (Å²) < 4.78 is 11.6. The van der Waals surface area contributed by atoms with Crippen molar-refractivity contribution in [2.24, 2.45) is 0 Å². The van der Waals surface area contributed by atoms with Gasteiger partial charge in [0.2, 0.25) is 11.8 Å². The average molecular weight is 517 g/mol. The second kappa shape index (κ2) is 10.3. The van der Waals surface area contributed by atoms with E-state index in [0.29, 0.717) is 30.4 Å². The van der Waals surface area contributed by atoms with Gasteiger partial charge in [-0.3, -0.25) is 0 Å². The largest absolute Gasteiger partial charge is 0.478 e. The van der Waals surface area contributed by atoms with Crippen molar-refractivity contribution < 1.29 is 23.8 Å². The summed E-state index contributed by atoms with van der Waals surface area (Å²) in [6.07, 6.45) is 2.83. The molecule has 1 fully saturated rings. The van der Waals surface area contributed by atoms with E-state index in [4.69, 9.17) is 9.15 Å². The molecular weight excluding hydrogens is 484 g/mol. The summed E-state index contributed by atoms with van der Waals surface area (Å²) in [4.78, 5) is 24.7. The average Bonchev–Trinajstić information content (AvgIpc) is 3.54. The summed E-state index contributed by atoms with van der Waals surface area (Å²) in [6.45, 7) is 7.09. The van der Waals surface area contributed by atoms with E-state index in [2.05, 4.69) is 21.6 Å². The molecule has 4 rings (SSSR count). The molecule has 38 heavy (non-hydrogen) atoms. The number of carboxylic acids is 1. The highest BCUT2D eigenvalue weighted by Crippen LogP contribution is 2.42. The van der Waals surface area contributed by atoms with E-state index in [0.717, 1.165) is 18.4 Å². The summed E-state index contributed by atoms with van der Waals surface area (Å²) in [7, 11) is 0. The molecule has 1 heterocycles. The predicted molar refractivity (Wildman–Crippen MR) is 139 cm³/mol. The molecule has 1 aliphatic carbocycles. The SMILES string of the molecule is CC(C)(C)OC(=O)N[C@](C)(Cc1ccccc1)c1nnc(-c2cc(C(=O)O)cc(C3(C#N)CCCC3)c2)o1. The zero-order valence-corrected chi connectivity index (χ0v) is 22.1. The number of hydrogen-bond donors (Lipinski definition) is 2. The van der Waals surface area contributed by atoms with Gasteiger partial charge in [0.15, 0.2) is 0 Å². The molecule has 9 heteroatoms. The third-order valence-corrected chi connectivity index (χ3v) is 6.72. The molecule has 0 spiro atoms. The van der Waals surface area contributed by atoms with Gasteiger partial charge in [-0.2, -0.15) is 5.26 Å². The first-order valence-electron chi connectivity index (χ1n) is 12.6. The smallest absolute Gasteiger partial charge is 0.408 e. The van der Waals surface area contributed by atoms with Gasteiger partial charge < -0.3 is 19.6 Å². The number of rotatable bonds is 7. The van der Waals surface area contributed by atoms with Crippen LogP contribution < -0.4 is 5.32 Å². The predicted octanol–water partition coefficient (Wildman–Crippen LogP) is 5.75. The molecule has 1 aromatic heterocycles. The maximum Gasteiger partial charge on any atom is 0.408 e. The molecule has 1 saturated carbocycles. The second-order valence-electron chi connectivity index (χ2n) is 11.0. The van der Waals surface area contributed by atoms with Crippen LogP contribution in [0, 0.1) is 11.3 Å². The number of carboxylic acid groups (broad SMARTS) is 1. The first-order valence-corrected chi connectivity index (χ1v) is 12.6. The number of nitriles is 1. The van der Waals surface area contributed by atoms with Crippen molar-refractivity contribution in [3.63, 3.8) is 0 Å². The number of amides is 1. The van der Waals surface area contributed by atoms with Gasteiger partial charge in [-0.25, -0.2) is 9.59 Å². The van der Waals surface area contributed by atoms with Crippen LogP contribution in [0.3, 0.4) is 0 Å². The Hall–Kier alpha value is -4.19. The lowest BCUT2D eigenvalue weighted by molar-refractivity contribution is 0.0443. The summed E-state index contributed by atoms with van der Waals surface area (Å²) in [6, 6.07) is 16.7. The lowest BCUT2D eigenvalue weighted by Gasteiger charge is -2.29. The Labute approximate surface area is 221 Å². The minimum Gasteiger partial charge on any atom is -0.478 e. The number of aromatic carboxylic acids is 1. The van der Waals surface area contributed by atoms with Crippen LogP contribution >= 0.6 is 0 Å². The molecule has 1 amide bonds. The van der Waals surface area contributed by atoms with Gasteiger partial charge in [-0.1, -0.05) is 43.2 Å². The highest BCUT2D eigenvalue weighted by atomic mass is 16.6. The monoisotopic (exact) mass is 516 g/mol. The van der Waals surface area contributed by atoms with Crippen LogP contribution in [-0.2, 0) is 22.1 Å². The van der Waals surface area contributed by atoms with E-state index in [9.17, 15) is 20.0 Å². The summed E-state index contributed by atoms with van der Waals surface area (Å²) in [5, 5.41) is 31.1. The van der Waals surface area contributed by atoms with Crippen LogP contribution in [0.15, 0.2) is 52.9 Å². The number of alkyl carbamates (subject to hydrolysis) is 1. The van der Waals surface area contributed by atoms with Gasteiger partial charge in [0.25, 0.3) is 0 Å². The quantitative estimate of drug-likeness (QED) is 0.405. The van der Waals surface area contributed by atoms with Crippen molar-refractivity contribution in [3.8, 4) is 17.5 Å². The standard InChI is InChI=1S/C29H32N4O5/c1-27(2,3)38-26(36)31-28(4,17-19-10-6-5-7-11-19)25-33-32-23(37-25)20-14-21(24(34)35)16-22(15-20)29(18-30)12-8-9-13-29/h5-7,10-11,14-16H,8-9,12-13,17H2,1-4H3,(H,31,36)(H,34,35)/t28-/m1/s1. The Morgan fingerprint density at radius 2 is 1.79 bits per heavy atom. The molecule has 9 nitrogen and oxygen atoms in total. The van der Waals surface area contributed by atoms with E-state index in [1.54, 1.807) is 39.8 Å². The van der Waals surface area contributed by atoms with Crippen LogP contribution in [0.2, 0.25) is 0 Å². The number of carbonyl (C=O) groups excluding carboxylic acids is 1. The maximum absolute atomic E-state index is 12.8. The molecule has 198 valence electrons. The van der Waals surface area contributed by atoms with E-state index in [1.807, 2.05) is 30.3 Å². The number of nitrogens with zero attached hydrogens (tertiary/aromatic N) is 3. The Morgan fingerprint density at radius 1 is 1.11 bits per heavy atom. The van der Waals surface area contributed by atoms with E-state index >= 15 is 0 Å². The van der Waals surface area contributed by atoms with Crippen LogP contribution in [0.25, 0.3) is 11.5 Å². The summed E-state index contributed by atoms with van der Waals surface area (Å²) in [5.41, 5.74) is -0.575. The molecule has 0 bridgehead atoms. The maximum atomic E-state index is 12.8. The van der Waals surface area contributed by atoms with Crippen molar-refractivity contribution in [1.82, 2.24) is 15.5 Å². The van der Waals surface area contributed by atoms with Gasteiger partial charge in [-0.05, 0) is 69.9 Å². The number of carbonyl (C=O) groups is 2. The topological polar surface area (TPSA) is 138 Å². The van der Waals surface area contributed by atoms with E-state index < -0.39 is 28.6 Å². The molecular formula is C29H32N4O5. The molecule has 0 unspecified atom stereocenters.